The van der Waals surface area contributed by atoms with Crippen molar-refractivity contribution < 1.29 is 15.0 Å². The smallest absolute Gasteiger partial charge is 0.336 e. The van der Waals surface area contributed by atoms with Crippen LogP contribution in [0.2, 0.25) is 0 Å². The minimum atomic E-state index is -1.07. The molecule has 0 aromatic heterocycles. The van der Waals surface area contributed by atoms with Gasteiger partial charge in [0.05, 0.1) is 5.56 Å². The van der Waals surface area contributed by atoms with E-state index in [1.165, 1.54) is 6.07 Å². The van der Waals surface area contributed by atoms with E-state index < -0.39 is 12.0 Å². The van der Waals surface area contributed by atoms with Gasteiger partial charge in [-0.15, -0.1) is 0 Å². The third-order valence-corrected chi connectivity index (χ3v) is 2.46. The van der Waals surface area contributed by atoms with Crippen molar-refractivity contribution >= 4 is 5.97 Å². The number of carboxylic acid groups (broad SMARTS) is 1. The Kier molecular flexibility index (Phi) is 3.31. The number of aromatic carboxylic acids is 1. The summed E-state index contributed by atoms with van der Waals surface area (Å²) >= 11 is 0. The number of hydrogen-bond acceptors (Lipinski definition) is 3. The molecule has 82 valence electrons. The quantitative estimate of drug-likeness (QED) is 0.708. The average molecular weight is 209 g/mol. The van der Waals surface area contributed by atoms with Crippen molar-refractivity contribution in [1.82, 2.24) is 0 Å². The van der Waals surface area contributed by atoms with Gasteiger partial charge in [0.25, 0.3) is 0 Å². The first kappa shape index (κ1) is 11.5. The van der Waals surface area contributed by atoms with Gasteiger partial charge < -0.3 is 15.9 Å². The highest BCUT2D eigenvalue weighted by Crippen LogP contribution is 2.31. The normalized spacial score (nSPS) is 12.5. The summed E-state index contributed by atoms with van der Waals surface area (Å²) in [6, 6.07) is 2.60. The van der Waals surface area contributed by atoms with Gasteiger partial charge in [-0.3, -0.25) is 0 Å². The van der Waals surface area contributed by atoms with Crippen LogP contribution in [0.25, 0.3) is 0 Å². The van der Waals surface area contributed by atoms with Crippen molar-refractivity contribution in [2.45, 2.75) is 26.3 Å². The Labute approximate surface area is 88.3 Å². The number of nitrogens with two attached hydrogens (primary N) is 1. The molecule has 0 bridgehead atoms. The molecule has 0 aliphatic rings. The number of carboxylic acids is 1. The van der Waals surface area contributed by atoms with E-state index in [1.807, 2.05) is 6.92 Å². The van der Waals surface area contributed by atoms with Crippen LogP contribution < -0.4 is 5.73 Å². The third-order valence-electron chi connectivity index (χ3n) is 2.46. The summed E-state index contributed by atoms with van der Waals surface area (Å²) in [7, 11) is 0. The zero-order valence-electron chi connectivity index (χ0n) is 8.82. The Balaban J connectivity index is 3.41. The predicted octanol–water partition coefficient (Wildman–Crippen LogP) is 1.81. The van der Waals surface area contributed by atoms with E-state index in [-0.39, 0.29) is 11.3 Å². The monoisotopic (exact) mass is 209 g/mol. The van der Waals surface area contributed by atoms with Crippen LogP contribution in [0, 0.1) is 6.92 Å². The van der Waals surface area contributed by atoms with Crippen molar-refractivity contribution in [3.05, 3.63) is 28.8 Å². The van der Waals surface area contributed by atoms with Crippen LogP contribution in [0.5, 0.6) is 5.75 Å². The standard InChI is InChI=1S/C11H15NO3/c1-3-8(12)9-7(11(14)15)5-4-6(2)10(9)13/h4-5,8,13H,3,12H2,1-2H3,(H,14,15)/t8-/m0/s1. The number of hydrogen-bond donors (Lipinski definition) is 3. The zero-order chi connectivity index (χ0) is 11.6. The number of aromatic hydroxyl groups is 1. The molecular formula is C11H15NO3. The third kappa shape index (κ3) is 2.10. The lowest BCUT2D eigenvalue weighted by Crippen LogP contribution is -2.14. The van der Waals surface area contributed by atoms with Crippen LogP contribution in [-0.2, 0) is 0 Å². The Morgan fingerprint density at radius 2 is 2.13 bits per heavy atom. The summed E-state index contributed by atoms with van der Waals surface area (Å²) in [5.74, 6) is -1.08. The lowest BCUT2D eigenvalue weighted by molar-refractivity contribution is 0.0694. The summed E-state index contributed by atoms with van der Waals surface area (Å²) in [4.78, 5) is 10.9. The molecule has 1 atom stereocenters. The number of aryl methyl sites for hydroxylation is 1. The Bertz CT molecular complexity index is 388. The molecule has 0 spiro atoms. The molecule has 1 rings (SSSR count). The highest BCUT2D eigenvalue weighted by atomic mass is 16.4. The van der Waals surface area contributed by atoms with E-state index in [2.05, 4.69) is 0 Å². The van der Waals surface area contributed by atoms with E-state index in [4.69, 9.17) is 10.8 Å². The van der Waals surface area contributed by atoms with E-state index in [0.29, 0.717) is 17.5 Å². The van der Waals surface area contributed by atoms with Gasteiger partial charge in [0, 0.05) is 11.6 Å². The molecule has 0 aliphatic heterocycles. The van der Waals surface area contributed by atoms with Gasteiger partial charge in [-0.1, -0.05) is 13.0 Å². The molecule has 4 nitrogen and oxygen atoms in total. The minimum Gasteiger partial charge on any atom is -0.507 e. The minimum absolute atomic E-state index is 0.00995. The highest BCUT2D eigenvalue weighted by Gasteiger charge is 2.19. The molecular weight excluding hydrogens is 194 g/mol. The van der Waals surface area contributed by atoms with E-state index in [0.717, 1.165) is 0 Å². The van der Waals surface area contributed by atoms with Crippen molar-refractivity contribution in [3.63, 3.8) is 0 Å². The topological polar surface area (TPSA) is 83.6 Å². The van der Waals surface area contributed by atoms with Crippen LogP contribution >= 0.6 is 0 Å². The summed E-state index contributed by atoms with van der Waals surface area (Å²) in [5, 5.41) is 18.7. The molecule has 1 aromatic carbocycles. The van der Waals surface area contributed by atoms with Crippen molar-refractivity contribution in [2.75, 3.05) is 0 Å². The largest absolute Gasteiger partial charge is 0.507 e. The molecule has 0 saturated carbocycles. The van der Waals surface area contributed by atoms with Crippen molar-refractivity contribution in [1.29, 1.82) is 0 Å². The first-order chi connectivity index (χ1) is 6.99. The second kappa shape index (κ2) is 4.31. The molecule has 4 heteroatoms. The first-order valence-electron chi connectivity index (χ1n) is 4.80. The molecule has 0 amide bonds. The maximum Gasteiger partial charge on any atom is 0.336 e. The van der Waals surface area contributed by atoms with Gasteiger partial charge in [0.2, 0.25) is 0 Å². The summed E-state index contributed by atoms with van der Waals surface area (Å²) in [5.41, 5.74) is 6.82. The van der Waals surface area contributed by atoms with Crippen LogP contribution in [0.4, 0.5) is 0 Å². The fourth-order valence-corrected chi connectivity index (χ4v) is 1.48. The van der Waals surface area contributed by atoms with Crippen LogP contribution in [0.3, 0.4) is 0 Å². The first-order valence-corrected chi connectivity index (χ1v) is 4.80. The van der Waals surface area contributed by atoms with Gasteiger partial charge >= 0.3 is 5.97 Å². The van der Waals surface area contributed by atoms with Gasteiger partial charge in [0.15, 0.2) is 0 Å². The fourth-order valence-electron chi connectivity index (χ4n) is 1.48. The van der Waals surface area contributed by atoms with Gasteiger partial charge in [-0.05, 0) is 25.0 Å². The van der Waals surface area contributed by atoms with Crippen molar-refractivity contribution in [2.24, 2.45) is 5.73 Å². The predicted molar refractivity (Wildman–Crippen MR) is 57.0 cm³/mol. The molecule has 0 radical (unpaired) electrons. The van der Waals surface area contributed by atoms with Crippen LogP contribution in [0.15, 0.2) is 12.1 Å². The fraction of sp³-hybridized carbons (Fsp3) is 0.364. The summed E-state index contributed by atoms with van der Waals surface area (Å²) in [6.07, 6.45) is 0.581. The van der Waals surface area contributed by atoms with Gasteiger partial charge in [0.1, 0.15) is 5.75 Å². The maximum atomic E-state index is 10.9. The van der Waals surface area contributed by atoms with Gasteiger partial charge in [-0.2, -0.15) is 0 Å². The van der Waals surface area contributed by atoms with E-state index >= 15 is 0 Å². The number of rotatable bonds is 3. The molecule has 4 N–H and O–H groups in total. The zero-order valence-corrected chi connectivity index (χ0v) is 8.82. The van der Waals surface area contributed by atoms with Crippen LogP contribution in [0.1, 0.15) is 40.9 Å². The number of benzene rings is 1. The lowest BCUT2D eigenvalue weighted by Gasteiger charge is -2.15. The molecule has 1 aromatic rings. The molecule has 0 unspecified atom stereocenters. The second-order valence-corrected chi connectivity index (χ2v) is 3.51. The average Bonchev–Trinajstić information content (AvgIpc) is 2.20. The highest BCUT2D eigenvalue weighted by molar-refractivity contribution is 5.90. The molecule has 15 heavy (non-hydrogen) atoms. The Morgan fingerprint density at radius 1 is 1.53 bits per heavy atom. The van der Waals surface area contributed by atoms with Crippen molar-refractivity contribution in [3.8, 4) is 5.75 Å². The Morgan fingerprint density at radius 3 is 2.60 bits per heavy atom. The van der Waals surface area contributed by atoms with E-state index in [1.54, 1.807) is 13.0 Å². The maximum absolute atomic E-state index is 10.9. The second-order valence-electron chi connectivity index (χ2n) is 3.51. The van der Waals surface area contributed by atoms with Gasteiger partial charge in [-0.25, -0.2) is 4.79 Å². The van der Waals surface area contributed by atoms with E-state index in [9.17, 15) is 9.90 Å². The van der Waals surface area contributed by atoms with Crippen LogP contribution in [-0.4, -0.2) is 16.2 Å². The number of phenolic OH excluding ortho intramolecular Hbond substituents is 1. The number of carbonyl (C=O) groups is 1. The molecule has 0 saturated heterocycles. The molecule has 0 fully saturated rings. The summed E-state index contributed by atoms with van der Waals surface area (Å²) in [6.45, 7) is 3.56. The SMILES string of the molecule is CC[C@H](N)c1c(C(=O)O)ccc(C)c1O. The molecule has 0 aliphatic carbocycles. The Hall–Kier alpha value is -1.55. The molecule has 0 heterocycles. The lowest BCUT2D eigenvalue weighted by atomic mass is 9.95. The summed E-state index contributed by atoms with van der Waals surface area (Å²) < 4.78 is 0. The number of phenols is 1.